The Morgan fingerprint density at radius 1 is 1.44 bits per heavy atom. The van der Waals surface area contributed by atoms with E-state index in [9.17, 15) is 0 Å². The van der Waals surface area contributed by atoms with E-state index in [2.05, 4.69) is 16.9 Å². The summed E-state index contributed by atoms with van der Waals surface area (Å²) in [5.41, 5.74) is 8.45. The van der Waals surface area contributed by atoms with Crippen molar-refractivity contribution in [2.24, 2.45) is 0 Å². The van der Waals surface area contributed by atoms with Gasteiger partial charge in [0.05, 0.1) is 11.2 Å². The number of nitrogen functional groups attached to an aromatic ring is 1. The summed E-state index contributed by atoms with van der Waals surface area (Å²) in [4.78, 5) is 4.28. The van der Waals surface area contributed by atoms with Crippen molar-refractivity contribution < 1.29 is 0 Å². The molecule has 0 saturated carbocycles. The second kappa shape index (κ2) is 4.23. The molecule has 1 aromatic heterocycles. The Morgan fingerprint density at radius 2 is 2.25 bits per heavy atom. The van der Waals surface area contributed by atoms with Gasteiger partial charge in [-0.05, 0) is 31.2 Å². The molecule has 0 spiro atoms. The van der Waals surface area contributed by atoms with E-state index in [0.717, 1.165) is 16.6 Å². The van der Waals surface area contributed by atoms with Gasteiger partial charge in [0.1, 0.15) is 0 Å². The highest BCUT2D eigenvalue weighted by atomic mass is 14.9. The van der Waals surface area contributed by atoms with Crippen molar-refractivity contribution in [3.63, 3.8) is 0 Å². The van der Waals surface area contributed by atoms with Crippen LogP contribution in [0.2, 0.25) is 0 Å². The van der Waals surface area contributed by atoms with Gasteiger partial charge in [-0.15, -0.1) is 6.58 Å². The van der Waals surface area contributed by atoms with Crippen LogP contribution in [0.3, 0.4) is 0 Å². The summed E-state index contributed by atoms with van der Waals surface area (Å²) >= 11 is 0. The highest BCUT2D eigenvalue weighted by Gasteiger charge is 2.05. The smallest absolute Gasteiger partial charge is 0.0951 e. The summed E-state index contributed by atoms with van der Waals surface area (Å²) in [6, 6.07) is 7.97. The van der Waals surface area contributed by atoms with Crippen LogP contribution in [-0.4, -0.2) is 11.0 Å². The number of anilines is 2. The molecule has 1 heterocycles. The zero-order valence-electron chi connectivity index (χ0n) is 9.27. The van der Waals surface area contributed by atoms with Crippen LogP contribution < -0.4 is 11.1 Å². The number of pyridine rings is 1. The third-order valence-corrected chi connectivity index (χ3v) is 2.54. The van der Waals surface area contributed by atoms with Crippen molar-refractivity contribution in [1.29, 1.82) is 0 Å². The number of nitrogens with one attached hydrogen (secondary N) is 1. The maximum absolute atomic E-state index is 5.88. The molecule has 0 aliphatic carbocycles. The van der Waals surface area contributed by atoms with Crippen LogP contribution >= 0.6 is 0 Å². The molecule has 0 radical (unpaired) electrons. The standard InChI is InChI=1S/C13H15N3/c1-3-9(2)16-12-7-6-11(14)13-10(12)5-4-8-15-13/h3-9,16H,1,14H2,2H3. The lowest BCUT2D eigenvalue weighted by molar-refractivity contribution is 1.00. The number of hydrogen-bond donors (Lipinski definition) is 2. The van der Waals surface area contributed by atoms with E-state index < -0.39 is 0 Å². The Labute approximate surface area is 95.0 Å². The summed E-state index contributed by atoms with van der Waals surface area (Å²) in [5.74, 6) is 0. The van der Waals surface area contributed by atoms with Gasteiger partial charge in [-0.25, -0.2) is 0 Å². The molecule has 82 valence electrons. The van der Waals surface area contributed by atoms with Crippen molar-refractivity contribution in [3.8, 4) is 0 Å². The summed E-state index contributed by atoms with van der Waals surface area (Å²) < 4.78 is 0. The van der Waals surface area contributed by atoms with Gasteiger partial charge >= 0.3 is 0 Å². The monoisotopic (exact) mass is 213 g/mol. The Balaban J connectivity index is 2.54. The number of benzene rings is 1. The third-order valence-electron chi connectivity index (χ3n) is 2.54. The fraction of sp³-hybridized carbons (Fsp3) is 0.154. The van der Waals surface area contributed by atoms with Crippen LogP contribution in [0.15, 0.2) is 43.1 Å². The predicted octanol–water partition coefficient (Wildman–Crippen LogP) is 2.80. The molecule has 0 fully saturated rings. The largest absolute Gasteiger partial charge is 0.397 e. The van der Waals surface area contributed by atoms with E-state index in [1.54, 1.807) is 6.20 Å². The van der Waals surface area contributed by atoms with Crippen molar-refractivity contribution in [2.45, 2.75) is 13.0 Å². The number of aromatic nitrogens is 1. The Morgan fingerprint density at radius 3 is 3.00 bits per heavy atom. The van der Waals surface area contributed by atoms with Gasteiger partial charge in [-0.2, -0.15) is 0 Å². The quantitative estimate of drug-likeness (QED) is 0.609. The van der Waals surface area contributed by atoms with Crippen LogP contribution in [0.5, 0.6) is 0 Å². The molecule has 0 aliphatic rings. The number of hydrogen-bond acceptors (Lipinski definition) is 3. The average molecular weight is 213 g/mol. The molecular weight excluding hydrogens is 198 g/mol. The van der Waals surface area contributed by atoms with Crippen LogP contribution in [0, 0.1) is 0 Å². The molecule has 1 atom stereocenters. The molecule has 3 heteroatoms. The Bertz CT molecular complexity index is 520. The highest BCUT2D eigenvalue weighted by molar-refractivity contribution is 5.98. The third kappa shape index (κ3) is 1.84. The topological polar surface area (TPSA) is 50.9 Å². The van der Waals surface area contributed by atoms with Gasteiger partial charge < -0.3 is 11.1 Å². The maximum atomic E-state index is 5.88. The zero-order chi connectivity index (χ0) is 11.5. The number of fused-ring (bicyclic) bond motifs is 1. The summed E-state index contributed by atoms with van der Waals surface area (Å²) in [6.07, 6.45) is 3.61. The molecule has 2 aromatic rings. The summed E-state index contributed by atoms with van der Waals surface area (Å²) in [6.45, 7) is 5.80. The minimum atomic E-state index is 0.215. The average Bonchev–Trinajstić information content (AvgIpc) is 2.33. The molecule has 3 N–H and O–H groups in total. The second-order valence-electron chi connectivity index (χ2n) is 3.77. The Hall–Kier alpha value is -2.03. The highest BCUT2D eigenvalue weighted by Crippen LogP contribution is 2.26. The van der Waals surface area contributed by atoms with Crippen molar-refractivity contribution in [2.75, 3.05) is 11.1 Å². The fourth-order valence-corrected chi connectivity index (χ4v) is 1.62. The van der Waals surface area contributed by atoms with Crippen LogP contribution in [0.25, 0.3) is 10.9 Å². The molecule has 1 aromatic carbocycles. The molecule has 0 amide bonds. The van der Waals surface area contributed by atoms with Crippen LogP contribution in [-0.2, 0) is 0 Å². The van der Waals surface area contributed by atoms with Gasteiger partial charge in [-0.1, -0.05) is 6.08 Å². The normalized spacial score (nSPS) is 12.3. The first-order valence-electron chi connectivity index (χ1n) is 5.24. The SMILES string of the molecule is C=CC(C)Nc1ccc(N)c2ncccc12. The number of nitrogens with two attached hydrogens (primary N) is 1. The van der Waals surface area contributed by atoms with Crippen LogP contribution in [0.4, 0.5) is 11.4 Å². The molecule has 0 saturated heterocycles. The summed E-state index contributed by atoms with van der Waals surface area (Å²) in [7, 11) is 0. The lowest BCUT2D eigenvalue weighted by Crippen LogP contribution is -2.11. The van der Waals surface area contributed by atoms with E-state index >= 15 is 0 Å². The van der Waals surface area contributed by atoms with Crippen molar-refractivity contribution in [1.82, 2.24) is 4.98 Å². The lowest BCUT2D eigenvalue weighted by Gasteiger charge is -2.13. The molecule has 3 nitrogen and oxygen atoms in total. The van der Waals surface area contributed by atoms with E-state index in [1.807, 2.05) is 37.3 Å². The molecule has 1 unspecified atom stereocenters. The number of nitrogens with zero attached hydrogens (tertiary/aromatic N) is 1. The van der Waals surface area contributed by atoms with Gasteiger partial charge in [0.25, 0.3) is 0 Å². The van der Waals surface area contributed by atoms with E-state index in [4.69, 9.17) is 5.73 Å². The second-order valence-corrected chi connectivity index (χ2v) is 3.77. The minimum Gasteiger partial charge on any atom is -0.397 e. The van der Waals surface area contributed by atoms with Crippen molar-refractivity contribution in [3.05, 3.63) is 43.1 Å². The lowest BCUT2D eigenvalue weighted by atomic mass is 10.1. The van der Waals surface area contributed by atoms with E-state index in [-0.39, 0.29) is 6.04 Å². The molecule has 0 bridgehead atoms. The first-order chi connectivity index (χ1) is 7.72. The summed E-state index contributed by atoms with van der Waals surface area (Å²) in [5, 5.41) is 4.39. The van der Waals surface area contributed by atoms with Gasteiger partial charge in [0.2, 0.25) is 0 Å². The maximum Gasteiger partial charge on any atom is 0.0951 e. The van der Waals surface area contributed by atoms with Gasteiger partial charge in [-0.3, -0.25) is 4.98 Å². The minimum absolute atomic E-state index is 0.215. The zero-order valence-corrected chi connectivity index (χ0v) is 9.27. The first kappa shape index (κ1) is 10.5. The fourth-order valence-electron chi connectivity index (χ4n) is 1.62. The molecular formula is C13H15N3. The predicted molar refractivity (Wildman–Crippen MR) is 69.4 cm³/mol. The number of rotatable bonds is 3. The Kier molecular flexibility index (Phi) is 2.77. The van der Waals surface area contributed by atoms with Crippen LogP contribution in [0.1, 0.15) is 6.92 Å². The van der Waals surface area contributed by atoms with Gasteiger partial charge in [0, 0.05) is 23.3 Å². The first-order valence-corrected chi connectivity index (χ1v) is 5.24. The van der Waals surface area contributed by atoms with Gasteiger partial charge in [0.15, 0.2) is 0 Å². The molecule has 0 aliphatic heterocycles. The molecule has 2 rings (SSSR count). The van der Waals surface area contributed by atoms with E-state index in [0.29, 0.717) is 5.69 Å². The van der Waals surface area contributed by atoms with E-state index in [1.165, 1.54) is 0 Å². The molecule has 16 heavy (non-hydrogen) atoms. The van der Waals surface area contributed by atoms with Crippen molar-refractivity contribution >= 4 is 22.3 Å².